The highest BCUT2D eigenvalue weighted by Gasteiger charge is 2.10. The Morgan fingerprint density at radius 2 is 1.79 bits per heavy atom. The normalized spacial score (nSPS) is 10.7. The standard InChI is InChI=1S/C14H23ClN2O2/c1-16-11-12-4-5-14(13(15)10-12)17(6-8-18-2)7-9-19-3/h4-5,10,16H,6-9,11H2,1-3H3. The Morgan fingerprint density at radius 3 is 2.26 bits per heavy atom. The van der Waals surface area contributed by atoms with Crippen LogP contribution in [0.2, 0.25) is 5.02 Å². The summed E-state index contributed by atoms with van der Waals surface area (Å²) in [4.78, 5) is 2.18. The topological polar surface area (TPSA) is 33.7 Å². The lowest BCUT2D eigenvalue weighted by Crippen LogP contribution is -2.30. The van der Waals surface area contributed by atoms with Crippen LogP contribution < -0.4 is 10.2 Å². The van der Waals surface area contributed by atoms with Gasteiger partial charge in [0.2, 0.25) is 0 Å². The average molecular weight is 287 g/mol. The maximum Gasteiger partial charge on any atom is 0.0642 e. The van der Waals surface area contributed by atoms with Gasteiger partial charge in [0, 0.05) is 33.9 Å². The van der Waals surface area contributed by atoms with Gasteiger partial charge in [-0.2, -0.15) is 0 Å². The van der Waals surface area contributed by atoms with Crippen molar-refractivity contribution in [1.29, 1.82) is 0 Å². The molecular formula is C14H23ClN2O2. The van der Waals surface area contributed by atoms with Crippen LogP contribution in [0.4, 0.5) is 5.69 Å². The molecule has 0 aromatic heterocycles. The summed E-state index contributed by atoms with van der Waals surface area (Å²) in [5, 5.41) is 3.88. The third-order valence-corrected chi connectivity index (χ3v) is 3.17. The van der Waals surface area contributed by atoms with Gasteiger partial charge in [-0.05, 0) is 24.7 Å². The molecule has 0 bridgehead atoms. The quantitative estimate of drug-likeness (QED) is 0.754. The average Bonchev–Trinajstić information content (AvgIpc) is 2.40. The summed E-state index contributed by atoms with van der Waals surface area (Å²) in [6.45, 7) is 3.74. The van der Waals surface area contributed by atoms with Crippen molar-refractivity contribution in [3.8, 4) is 0 Å². The Morgan fingerprint density at radius 1 is 1.16 bits per heavy atom. The van der Waals surface area contributed by atoms with E-state index in [2.05, 4.69) is 22.3 Å². The molecule has 1 rings (SSSR count). The van der Waals surface area contributed by atoms with Crippen LogP contribution in [0.1, 0.15) is 5.56 Å². The molecule has 0 saturated heterocycles. The molecule has 0 aliphatic rings. The minimum absolute atomic E-state index is 0.665. The summed E-state index contributed by atoms with van der Waals surface area (Å²) in [5.74, 6) is 0. The minimum Gasteiger partial charge on any atom is -0.383 e. The predicted octanol–water partition coefficient (Wildman–Crippen LogP) is 2.16. The number of halogens is 1. The number of ether oxygens (including phenoxy) is 2. The molecule has 108 valence electrons. The van der Waals surface area contributed by atoms with E-state index in [1.54, 1.807) is 14.2 Å². The third-order valence-electron chi connectivity index (χ3n) is 2.86. The molecule has 0 aliphatic carbocycles. The van der Waals surface area contributed by atoms with Crippen LogP contribution in [0, 0.1) is 0 Å². The van der Waals surface area contributed by atoms with Crippen LogP contribution in [0.3, 0.4) is 0 Å². The fourth-order valence-corrected chi connectivity index (χ4v) is 2.20. The van der Waals surface area contributed by atoms with E-state index >= 15 is 0 Å². The molecule has 0 atom stereocenters. The van der Waals surface area contributed by atoms with Crippen molar-refractivity contribution in [2.45, 2.75) is 6.54 Å². The van der Waals surface area contributed by atoms with Crippen LogP contribution in [-0.2, 0) is 16.0 Å². The van der Waals surface area contributed by atoms with Gasteiger partial charge in [0.05, 0.1) is 23.9 Å². The zero-order chi connectivity index (χ0) is 14.1. The van der Waals surface area contributed by atoms with Crippen LogP contribution in [0.25, 0.3) is 0 Å². The van der Waals surface area contributed by atoms with Crippen LogP contribution in [0.5, 0.6) is 0 Å². The molecule has 1 aromatic rings. The molecule has 0 unspecified atom stereocenters. The van der Waals surface area contributed by atoms with Crippen LogP contribution in [-0.4, -0.2) is 47.6 Å². The van der Waals surface area contributed by atoms with Crippen molar-refractivity contribution in [2.24, 2.45) is 0 Å². The highest BCUT2D eigenvalue weighted by molar-refractivity contribution is 6.33. The maximum atomic E-state index is 6.37. The fourth-order valence-electron chi connectivity index (χ4n) is 1.88. The Bertz CT molecular complexity index is 366. The molecule has 5 heteroatoms. The number of hydrogen-bond donors (Lipinski definition) is 1. The summed E-state index contributed by atoms with van der Waals surface area (Å²) >= 11 is 6.37. The van der Waals surface area contributed by atoms with E-state index in [1.807, 2.05) is 13.1 Å². The second-order valence-electron chi connectivity index (χ2n) is 4.29. The van der Waals surface area contributed by atoms with E-state index in [1.165, 1.54) is 5.56 Å². The largest absolute Gasteiger partial charge is 0.383 e. The van der Waals surface area contributed by atoms with Crippen LogP contribution >= 0.6 is 11.6 Å². The van der Waals surface area contributed by atoms with Gasteiger partial charge in [0.15, 0.2) is 0 Å². The van der Waals surface area contributed by atoms with Gasteiger partial charge in [0.1, 0.15) is 0 Å². The SMILES string of the molecule is CNCc1ccc(N(CCOC)CCOC)c(Cl)c1. The lowest BCUT2D eigenvalue weighted by atomic mass is 10.2. The van der Waals surface area contributed by atoms with Crippen molar-refractivity contribution < 1.29 is 9.47 Å². The first-order valence-electron chi connectivity index (χ1n) is 6.38. The number of anilines is 1. The highest BCUT2D eigenvalue weighted by atomic mass is 35.5. The number of nitrogens with one attached hydrogen (secondary N) is 1. The van der Waals surface area contributed by atoms with E-state index in [0.29, 0.717) is 13.2 Å². The monoisotopic (exact) mass is 286 g/mol. The molecular weight excluding hydrogens is 264 g/mol. The lowest BCUT2D eigenvalue weighted by Gasteiger charge is -2.25. The second-order valence-corrected chi connectivity index (χ2v) is 4.70. The summed E-state index contributed by atoms with van der Waals surface area (Å²) in [7, 11) is 5.32. The molecule has 1 N–H and O–H groups in total. The fraction of sp³-hybridized carbons (Fsp3) is 0.571. The molecule has 0 saturated carbocycles. The van der Waals surface area contributed by atoms with Crippen molar-refractivity contribution in [3.63, 3.8) is 0 Å². The Kier molecular flexibility index (Phi) is 7.82. The van der Waals surface area contributed by atoms with Gasteiger partial charge in [0.25, 0.3) is 0 Å². The van der Waals surface area contributed by atoms with E-state index < -0.39 is 0 Å². The Hall–Kier alpha value is -0.810. The Balaban J connectivity index is 2.81. The predicted molar refractivity (Wildman–Crippen MR) is 80.2 cm³/mol. The summed E-state index contributed by atoms with van der Waals surface area (Å²) in [6, 6.07) is 6.14. The van der Waals surface area contributed by atoms with E-state index in [9.17, 15) is 0 Å². The molecule has 0 aliphatic heterocycles. The number of hydrogen-bond acceptors (Lipinski definition) is 4. The Labute approximate surface area is 120 Å². The van der Waals surface area contributed by atoms with Gasteiger partial charge in [-0.15, -0.1) is 0 Å². The van der Waals surface area contributed by atoms with Crippen molar-refractivity contribution in [1.82, 2.24) is 5.32 Å². The zero-order valence-electron chi connectivity index (χ0n) is 11.9. The minimum atomic E-state index is 0.665. The van der Waals surface area contributed by atoms with Crippen LogP contribution in [0.15, 0.2) is 18.2 Å². The zero-order valence-corrected chi connectivity index (χ0v) is 12.7. The second kappa shape index (κ2) is 9.15. The van der Waals surface area contributed by atoms with Crippen molar-refractivity contribution in [3.05, 3.63) is 28.8 Å². The van der Waals surface area contributed by atoms with E-state index in [0.717, 1.165) is 30.3 Å². The summed E-state index contributed by atoms with van der Waals surface area (Å²) in [5.41, 5.74) is 2.20. The molecule has 0 radical (unpaired) electrons. The van der Waals surface area contributed by atoms with E-state index in [4.69, 9.17) is 21.1 Å². The first-order valence-corrected chi connectivity index (χ1v) is 6.76. The van der Waals surface area contributed by atoms with Gasteiger partial charge < -0.3 is 19.7 Å². The molecule has 1 aromatic carbocycles. The number of methoxy groups -OCH3 is 2. The number of nitrogens with zero attached hydrogens (tertiary/aromatic N) is 1. The number of benzene rings is 1. The van der Waals surface area contributed by atoms with Crippen molar-refractivity contribution >= 4 is 17.3 Å². The first kappa shape index (κ1) is 16.2. The van der Waals surface area contributed by atoms with Gasteiger partial charge in [-0.3, -0.25) is 0 Å². The summed E-state index contributed by atoms with van der Waals surface area (Å²) in [6.07, 6.45) is 0. The number of rotatable bonds is 9. The van der Waals surface area contributed by atoms with Gasteiger partial charge in [-0.1, -0.05) is 17.7 Å². The van der Waals surface area contributed by atoms with E-state index in [-0.39, 0.29) is 0 Å². The van der Waals surface area contributed by atoms with Crippen molar-refractivity contribution in [2.75, 3.05) is 52.5 Å². The smallest absolute Gasteiger partial charge is 0.0642 e. The molecule has 0 amide bonds. The molecule has 19 heavy (non-hydrogen) atoms. The highest BCUT2D eigenvalue weighted by Crippen LogP contribution is 2.26. The first-order chi connectivity index (χ1) is 9.22. The third kappa shape index (κ3) is 5.37. The van der Waals surface area contributed by atoms with Gasteiger partial charge in [-0.25, -0.2) is 0 Å². The lowest BCUT2D eigenvalue weighted by molar-refractivity contribution is 0.190. The van der Waals surface area contributed by atoms with Gasteiger partial charge >= 0.3 is 0 Å². The molecule has 4 nitrogen and oxygen atoms in total. The maximum absolute atomic E-state index is 6.37. The molecule has 0 heterocycles. The molecule has 0 spiro atoms. The molecule has 0 fully saturated rings. The summed E-state index contributed by atoms with van der Waals surface area (Å²) < 4.78 is 10.3.